The van der Waals surface area contributed by atoms with E-state index >= 15 is 0 Å². The molecule has 0 aromatic heterocycles. The average Bonchev–Trinajstić information content (AvgIpc) is 1.59. The molecule has 3 aliphatic rings. The van der Waals surface area contributed by atoms with Crippen LogP contribution in [0.1, 0.15) is 103 Å². The summed E-state index contributed by atoms with van der Waals surface area (Å²) in [7, 11) is -11.7. The number of carbonyl (C=O) groups is 3. The van der Waals surface area contributed by atoms with Crippen molar-refractivity contribution in [3.63, 3.8) is 0 Å². The van der Waals surface area contributed by atoms with Crippen LogP contribution in [0.2, 0.25) is 15.1 Å². The van der Waals surface area contributed by atoms with Gasteiger partial charge in [-0.05, 0) is 80.8 Å². The van der Waals surface area contributed by atoms with Gasteiger partial charge >= 0.3 is 42.6 Å². The number of hydrogen-bond donors (Lipinski definition) is 2. The van der Waals surface area contributed by atoms with Crippen LogP contribution in [0.3, 0.4) is 0 Å². The molecule has 3 aliphatic heterocycles. The quantitative estimate of drug-likeness (QED) is 0.0177. The van der Waals surface area contributed by atoms with Gasteiger partial charge in [-0.15, -0.1) is 13.2 Å². The van der Waals surface area contributed by atoms with E-state index in [4.69, 9.17) is 79.9 Å². The number of carboxylic acid groups (broad SMARTS) is 1. The van der Waals surface area contributed by atoms with Gasteiger partial charge < -0.3 is 29.8 Å². The lowest BCUT2D eigenvalue weighted by molar-refractivity contribution is -0.137. The smallest absolute Gasteiger partial charge is 0.330 e. The number of ether oxygens (including phenoxy) is 4. The number of nitrogens with two attached hydrogens (primary N) is 1. The summed E-state index contributed by atoms with van der Waals surface area (Å²) in [5, 5.41) is 29.6. The van der Waals surface area contributed by atoms with Gasteiger partial charge in [-0.1, -0.05) is 222 Å². The van der Waals surface area contributed by atoms with Gasteiger partial charge in [0.05, 0.1) is 46.1 Å². The maximum Gasteiger partial charge on any atom is 0.330 e. The Morgan fingerprint density at radius 1 is 0.445 bits per heavy atom. The summed E-state index contributed by atoms with van der Waals surface area (Å²) in [5.74, 6) is -1.56. The first kappa shape index (κ1) is 88.1. The molecule has 33 heteroatoms. The number of hydrogen-bond acceptors (Lipinski definition) is 16. The van der Waals surface area contributed by atoms with Gasteiger partial charge in [0.2, 0.25) is 5.91 Å². The molecule has 0 aliphatic carbocycles. The monoisotopic (exact) mass is 1620 g/mol. The lowest BCUT2D eigenvalue weighted by Gasteiger charge is -2.31. The number of carboxylic acids is 1. The number of rotatable bonds is 31. The standard InChI is InChI=1S/C27H33ClN4O5S.C25H30ClN5O4S.C25H29ClN4O5S/c1-5-31(6-2)38(34,35)30-21(4)32-20-27(23-12-9-8-10-13-23,37-19-11-14-25(33)36-7-3)26(29-32)22-15-17-24(28)18-16-22;1-4-30(5-2)36(33,34)29-19(3)31-18-25(21-10-7-6-8-11-21,35-17-9-12-23(27)32)24(28-31)20-13-15-22(26)16-14-20;1-4-29(5-2)36(33,34)28-19(3)30-18-25(21-10-7-6-8-11-21,35-17-9-12-23(31)32)24(27-30)20-13-15-22(26)16-14-20/h8-18H,5-7,19-20H2,1-4H3;6-16H,4-5,17-18H2,1-3H3,(H2,27,32);6-16H,4-5,17-18H2,1-3H3,(H,31,32)/b14-11+,30-21?;12-9+,29-19?;12-9+,28-19?. The van der Waals surface area contributed by atoms with Crippen LogP contribution in [0.25, 0.3) is 0 Å². The fourth-order valence-corrected chi connectivity index (χ4v) is 15.9. The summed E-state index contributed by atoms with van der Waals surface area (Å²) in [6.07, 6.45) is 8.07. The molecule has 0 saturated carbocycles. The van der Waals surface area contributed by atoms with Gasteiger partial charge in [0, 0.05) is 89.3 Å². The third-order valence-corrected chi connectivity index (χ3v) is 23.1. The van der Waals surface area contributed by atoms with Crippen molar-refractivity contribution in [3.05, 3.63) is 249 Å². The molecule has 27 nitrogen and oxygen atoms in total. The third-order valence-electron chi connectivity index (χ3n) is 17.3. The molecule has 0 spiro atoms. The predicted molar refractivity (Wildman–Crippen MR) is 432 cm³/mol. The number of aliphatic carboxylic acids is 1. The number of nitrogens with zero attached hydrogens (tertiary/aromatic N) is 12. The van der Waals surface area contributed by atoms with Crippen LogP contribution in [0, 0.1) is 0 Å². The van der Waals surface area contributed by atoms with Crippen LogP contribution in [-0.4, -0.2) is 196 Å². The van der Waals surface area contributed by atoms with Crippen LogP contribution in [-0.2, 0) is 80.8 Å². The fourth-order valence-electron chi connectivity index (χ4n) is 11.9. The molecule has 3 unspecified atom stereocenters. The molecule has 3 heterocycles. The largest absolute Gasteiger partial charge is 0.478 e. The Morgan fingerprint density at radius 2 is 0.709 bits per heavy atom. The van der Waals surface area contributed by atoms with Crippen molar-refractivity contribution in [2.75, 3.05) is 85.3 Å². The Balaban J connectivity index is 0.000000229. The molecular formula is C77H92Cl3N13O14S3. The maximum absolute atomic E-state index is 12.9. The number of amidine groups is 3. The molecule has 9 rings (SSSR count). The van der Waals surface area contributed by atoms with Crippen molar-refractivity contribution in [1.29, 1.82) is 0 Å². The number of benzene rings is 6. The SMILES string of the molecule is CCN(CC)S(=O)(=O)N=C(C)N1CC(OC/C=C/C(=O)O)(c2ccccc2)C(c2ccc(Cl)cc2)=N1.CCN(CC)S(=O)(=O)N=C(C)N1CC(OC/C=C/C(N)=O)(c2ccccc2)C(c2ccc(Cl)cc2)=N1.CCOC(=O)/C=C/COC1(c2ccccc2)CN(C(C)=NS(=O)(=O)N(CC)CC)N=C1c1ccc(Cl)cc1. The number of esters is 1. The number of hydrazone groups is 3. The van der Waals surface area contributed by atoms with E-state index in [0.717, 1.165) is 33.9 Å². The first-order valence-electron chi connectivity index (χ1n) is 35.3. The fraction of sp³-hybridized carbons (Fsp3) is 0.338. The normalized spacial score (nSPS) is 18.6. The topological polar surface area (TPSA) is 330 Å². The van der Waals surface area contributed by atoms with Crippen molar-refractivity contribution in [2.24, 2.45) is 34.2 Å². The second-order valence-electron chi connectivity index (χ2n) is 24.4. The first-order chi connectivity index (χ1) is 52.4. The Kier molecular flexibility index (Phi) is 32.6. The van der Waals surface area contributed by atoms with Gasteiger partial charge in [-0.3, -0.25) is 4.79 Å². The second-order valence-corrected chi connectivity index (χ2v) is 30.4. The van der Waals surface area contributed by atoms with Crippen molar-refractivity contribution in [2.45, 2.75) is 86.0 Å². The zero-order valence-corrected chi connectivity index (χ0v) is 67.5. The second kappa shape index (κ2) is 40.7. The van der Waals surface area contributed by atoms with Crippen molar-refractivity contribution in [3.8, 4) is 0 Å². The van der Waals surface area contributed by atoms with Crippen LogP contribution in [0.15, 0.2) is 229 Å². The lowest BCUT2D eigenvalue weighted by atomic mass is 9.85. The van der Waals surface area contributed by atoms with E-state index in [1.165, 1.54) is 52.2 Å². The average molecular weight is 1630 g/mol. The Morgan fingerprint density at radius 3 is 0.955 bits per heavy atom. The van der Waals surface area contributed by atoms with Crippen molar-refractivity contribution >= 4 is 118 Å². The van der Waals surface area contributed by atoms with Crippen LogP contribution in [0.4, 0.5) is 0 Å². The minimum Gasteiger partial charge on any atom is -0.478 e. The molecule has 6 aromatic rings. The van der Waals surface area contributed by atoms with E-state index in [1.54, 1.807) is 124 Å². The van der Waals surface area contributed by atoms with E-state index in [0.29, 0.717) is 77.0 Å². The predicted octanol–water partition coefficient (Wildman–Crippen LogP) is 11.6. The highest BCUT2D eigenvalue weighted by molar-refractivity contribution is 7.88. The number of amides is 1. The molecular weight excluding hydrogens is 1530 g/mol. The van der Waals surface area contributed by atoms with E-state index in [-0.39, 0.29) is 63.6 Å². The molecule has 3 N–H and O–H groups in total. The molecule has 0 radical (unpaired) electrons. The molecule has 0 saturated heterocycles. The highest BCUT2D eigenvalue weighted by atomic mass is 35.5. The van der Waals surface area contributed by atoms with E-state index in [1.807, 2.05) is 115 Å². The maximum atomic E-state index is 12.9. The van der Waals surface area contributed by atoms with Crippen molar-refractivity contribution < 1.29 is 63.7 Å². The molecule has 3 atom stereocenters. The molecule has 6 aromatic carbocycles. The minimum absolute atomic E-state index is 0.0183. The van der Waals surface area contributed by atoms with E-state index < -0.39 is 65.3 Å². The van der Waals surface area contributed by atoms with Gasteiger partial charge in [0.25, 0.3) is 0 Å². The highest BCUT2D eigenvalue weighted by Crippen LogP contribution is 2.41. The molecule has 0 bridgehead atoms. The molecule has 588 valence electrons. The van der Waals surface area contributed by atoms with E-state index in [2.05, 4.69) is 13.2 Å². The minimum atomic E-state index is -3.90. The number of primary amides is 1. The van der Waals surface area contributed by atoms with Gasteiger partial charge in [-0.25, -0.2) is 24.6 Å². The lowest BCUT2D eigenvalue weighted by Crippen LogP contribution is -2.43. The van der Waals surface area contributed by atoms with Crippen molar-refractivity contribution in [1.82, 2.24) is 27.9 Å². The summed E-state index contributed by atoms with van der Waals surface area (Å²) in [5.41, 5.74) is 8.07. The summed E-state index contributed by atoms with van der Waals surface area (Å²) in [4.78, 5) is 34.0. The first-order valence-corrected chi connectivity index (χ1v) is 40.6. The van der Waals surface area contributed by atoms with Gasteiger partial charge in [0.15, 0.2) is 16.8 Å². The zero-order chi connectivity index (χ0) is 80.5. The Labute approximate surface area is 659 Å². The summed E-state index contributed by atoms with van der Waals surface area (Å²) < 4.78 is 117. The van der Waals surface area contributed by atoms with Gasteiger partial charge in [-0.2, -0.15) is 53.5 Å². The Bertz CT molecular complexity index is 4560. The third kappa shape index (κ3) is 22.8. The summed E-state index contributed by atoms with van der Waals surface area (Å²) in [6, 6.07) is 49.7. The molecule has 0 fully saturated rings. The molecule has 1 amide bonds. The number of halogens is 3. The van der Waals surface area contributed by atoms with Crippen LogP contribution < -0.4 is 5.73 Å². The van der Waals surface area contributed by atoms with E-state index in [9.17, 15) is 39.6 Å². The highest BCUT2D eigenvalue weighted by Gasteiger charge is 2.50. The van der Waals surface area contributed by atoms with Crippen LogP contribution >= 0.6 is 34.8 Å². The zero-order valence-electron chi connectivity index (χ0n) is 62.8. The molecule has 110 heavy (non-hydrogen) atoms. The number of carbonyl (C=O) groups excluding carboxylic acids is 2. The summed E-state index contributed by atoms with van der Waals surface area (Å²) >= 11 is 18.4. The van der Waals surface area contributed by atoms with Gasteiger partial charge in [0.1, 0.15) is 34.6 Å². The summed E-state index contributed by atoms with van der Waals surface area (Å²) in [6.45, 7) is 19.7. The van der Waals surface area contributed by atoms with Crippen LogP contribution in [0.5, 0.6) is 0 Å². The Hall–Kier alpha value is -9.15.